The summed E-state index contributed by atoms with van der Waals surface area (Å²) in [5.41, 5.74) is 0.945. The highest BCUT2D eigenvalue weighted by Crippen LogP contribution is 2.31. The average molecular weight is 443 g/mol. The molecule has 1 aromatic carbocycles. The fraction of sp³-hybridized carbons (Fsp3) is 0.261. The summed E-state index contributed by atoms with van der Waals surface area (Å²) in [5, 5.41) is 8.97. The van der Waals surface area contributed by atoms with Crippen LogP contribution >= 0.6 is 0 Å². The van der Waals surface area contributed by atoms with Gasteiger partial charge >= 0.3 is 12.1 Å². The van der Waals surface area contributed by atoms with Crippen molar-refractivity contribution in [1.82, 2.24) is 15.0 Å². The predicted octanol–water partition coefficient (Wildman–Crippen LogP) is 5.70. The Labute approximate surface area is 181 Å². The van der Waals surface area contributed by atoms with Crippen LogP contribution in [0.25, 0.3) is 22.6 Å². The summed E-state index contributed by atoms with van der Waals surface area (Å²) in [6.07, 6.45) is 2.28. The molecule has 166 valence electrons. The second-order valence-corrected chi connectivity index (χ2v) is 7.57. The van der Waals surface area contributed by atoms with E-state index in [1.165, 1.54) is 6.20 Å². The van der Waals surface area contributed by atoms with E-state index in [2.05, 4.69) is 15.0 Å². The zero-order chi connectivity index (χ0) is 22.7. The number of aliphatic carboxylic acids is 1. The van der Waals surface area contributed by atoms with Crippen LogP contribution in [0.3, 0.4) is 0 Å². The number of carboxylic acids is 1. The van der Waals surface area contributed by atoms with Gasteiger partial charge in [0.25, 0.3) is 0 Å². The number of hydrogen-bond acceptors (Lipinski definition) is 4. The van der Waals surface area contributed by atoms with Gasteiger partial charge in [0, 0.05) is 29.9 Å². The molecule has 0 radical (unpaired) electrons. The van der Waals surface area contributed by atoms with Crippen molar-refractivity contribution in [3.8, 4) is 28.4 Å². The van der Waals surface area contributed by atoms with E-state index >= 15 is 0 Å². The molecular weight excluding hydrogens is 423 g/mol. The maximum atomic E-state index is 12.7. The number of ether oxygens (including phenoxy) is 1. The van der Waals surface area contributed by atoms with Gasteiger partial charge in [-0.15, -0.1) is 0 Å². The molecule has 4 rings (SSSR count). The summed E-state index contributed by atoms with van der Waals surface area (Å²) >= 11 is 0. The molecule has 0 saturated carbocycles. The van der Waals surface area contributed by atoms with Crippen molar-refractivity contribution >= 4 is 5.97 Å². The van der Waals surface area contributed by atoms with Gasteiger partial charge in [-0.05, 0) is 61.2 Å². The Hall–Kier alpha value is -3.62. The van der Waals surface area contributed by atoms with E-state index in [-0.39, 0.29) is 18.2 Å². The number of carboxylic acid groups (broad SMARTS) is 1. The average Bonchev–Trinajstić information content (AvgIpc) is 3.25. The van der Waals surface area contributed by atoms with Crippen molar-refractivity contribution in [3.63, 3.8) is 0 Å². The topological polar surface area (TPSA) is 88.1 Å². The molecule has 9 heteroatoms. The molecule has 2 aromatic heterocycles. The van der Waals surface area contributed by atoms with Crippen LogP contribution in [0.15, 0.2) is 60.6 Å². The smallest absolute Gasteiger partial charge is 0.434 e. The first kappa shape index (κ1) is 21.6. The summed E-state index contributed by atoms with van der Waals surface area (Å²) < 4.78 is 44.1. The van der Waals surface area contributed by atoms with E-state index in [1.807, 2.05) is 18.2 Å². The summed E-state index contributed by atoms with van der Waals surface area (Å²) in [7, 11) is 0. The van der Waals surface area contributed by atoms with Crippen molar-refractivity contribution in [1.29, 1.82) is 0 Å². The molecule has 2 heterocycles. The molecule has 32 heavy (non-hydrogen) atoms. The fourth-order valence-electron chi connectivity index (χ4n) is 3.60. The fourth-order valence-corrected chi connectivity index (χ4v) is 3.60. The number of benzene rings is 1. The number of hydrogen-bond donors (Lipinski definition) is 2. The number of aromatic amines is 1. The first-order valence-corrected chi connectivity index (χ1v) is 10.1. The quantitative estimate of drug-likeness (QED) is 0.511. The zero-order valence-electron chi connectivity index (χ0n) is 16.9. The van der Waals surface area contributed by atoms with Gasteiger partial charge in [-0.3, -0.25) is 9.78 Å². The van der Waals surface area contributed by atoms with Gasteiger partial charge in [0.1, 0.15) is 17.3 Å². The Kier molecular flexibility index (Phi) is 5.98. The number of aromatic nitrogens is 3. The van der Waals surface area contributed by atoms with Crippen molar-refractivity contribution < 1.29 is 27.8 Å². The van der Waals surface area contributed by atoms with Crippen LogP contribution in [0.2, 0.25) is 0 Å². The van der Waals surface area contributed by atoms with Crippen LogP contribution in [-0.2, 0) is 11.0 Å². The number of nitrogens with one attached hydrogen (secondary N) is 1. The van der Waals surface area contributed by atoms with Crippen LogP contribution in [0.1, 0.15) is 31.4 Å². The van der Waals surface area contributed by atoms with E-state index in [0.717, 1.165) is 36.8 Å². The van der Waals surface area contributed by atoms with Crippen LogP contribution in [0.5, 0.6) is 5.75 Å². The third-order valence-corrected chi connectivity index (χ3v) is 5.16. The van der Waals surface area contributed by atoms with Gasteiger partial charge in [-0.1, -0.05) is 0 Å². The molecule has 0 bridgehead atoms. The molecule has 0 spiro atoms. The molecular formula is C23H20F3N3O3. The van der Waals surface area contributed by atoms with Crippen LogP contribution in [-0.4, -0.2) is 26.0 Å². The first-order chi connectivity index (χ1) is 15.3. The molecule has 0 aliphatic heterocycles. The molecule has 0 amide bonds. The monoisotopic (exact) mass is 443 g/mol. The van der Waals surface area contributed by atoms with Gasteiger partial charge < -0.3 is 14.8 Å². The minimum absolute atomic E-state index is 0.0142. The molecule has 6 nitrogen and oxygen atoms in total. The van der Waals surface area contributed by atoms with E-state index < -0.39 is 17.8 Å². The number of H-pyrrole nitrogens is 1. The Morgan fingerprint density at radius 2 is 1.91 bits per heavy atom. The highest BCUT2D eigenvalue weighted by atomic mass is 19.4. The minimum atomic E-state index is -4.50. The number of rotatable bonds is 6. The maximum absolute atomic E-state index is 12.7. The minimum Gasteiger partial charge on any atom is -0.481 e. The lowest BCUT2D eigenvalue weighted by Crippen LogP contribution is -2.12. The second-order valence-electron chi connectivity index (χ2n) is 7.57. The number of alkyl halides is 3. The lowest BCUT2D eigenvalue weighted by molar-refractivity contribution is -0.141. The number of nitrogens with zero attached hydrogens (tertiary/aromatic N) is 2. The molecule has 2 N–H and O–H groups in total. The lowest BCUT2D eigenvalue weighted by atomic mass is 9.92. The summed E-state index contributed by atoms with van der Waals surface area (Å²) in [5.74, 6) is 0.683. The normalized spacial score (nSPS) is 16.5. The van der Waals surface area contributed by atoms with Crippen LogP contribution in [0.4, 0.5) is 13.2 Å². The second kappa shape index (κ2) is 8.86. The molecule has 3 aromatic rings. The standard InChI is InChI=1S/C23H20F3N3O3/c24-23(25,26)20-13-28-22(29-20)16-6-9-19(27-12-16)15-4-7-17(8-5-15)32-18-3-1-2-14(10-18)11-21(30)31/h4-10,12-14H,1-3,11H2,(H,28,29)(H,30,31)/t14-/m1/s1. The number of carbonyl (C=O) groups is 1. The van der Waals surface area contributed by atoms with E-state index in [4.69, 9.17) is 9.84 Å². The maximum Gasteiger partial charge on any atom is 0.434 e. The molecule has 0 fully saturated rings. The number of imidazole rings is 1. The SMILES string of the molecule is O=C(O)C[C@H]1C=C(Oc2ccc(-c3ccc(-c4nc(C(F)(F)F)c[nH]4)cn3)cc2)CCC1. The number of halogens is 3. The predicted molar refractivity (Wildman–Crippen MR) is 111 cm³/mol. The summed E-state index contributed by atoms with van der Waals surface area (Å²) in [4.78, 5) is 21.3. The third kappa shape index (κ3) is 5.16. The van der Waals surface area contributed by atoms with Gasteiger partial charge in [0.15, 0.2) is 5.69 Å². The summed E-state index contributed by atoms with van der Waals surface area (Å²) in [6, 6.07) is 10.6. The Bertz CT molecular complexity index is 1120. The highest BCUT2D eigenvalue weighted by Gasteiger charge is 2.33. The van der Waals surface area contributed by atoms with E-state index in [0.29, 0.717) is 17.0 Å². The first-order valence-electron chi connectivity index (χ1n) is 10.1. The Morgan fingerprint density at radius 1 is 1.16 bits per heavy atom. The summed E-state index contributed by atoms with van der Waals surface area (Å²) in [6.45, 7) is 0. The lowest BCUT2D eigenvalue weighted by Gasteiger charge is -2.20. The molecule has 1 aliphatic carbocycles. The molecule has 0 saturated heterocycles. The molecule has 0 unspecified atom stereocenters. The van der Waals surface area contributed by atoms with Crippen molar-refractivity contribution in [2.45, 2.75) is 31.9 Å². The molecule has 1 aliphatic rings. The zero-order valence-corrected chi connectivity index (χ0v) is 16.9. The van der Waals surface area contributed by atoms with Crippen molar-refractivity contribution in [3.05, 3.63) is 66.3 Å². The van der Waals surface area contributed by atoms with Gasteiger partial charge in [-0.2, -0.15) is 13.2 Å². The van der Waals surface area contributed by atoms with Crippen LogP contribution in [0, 0.1) is 5.92 Å². The number of pyridine rings is 1. The van der Waals surface area contributed by atoms with Crippen molar-refractivity contribution in [2.75, 3.05) is 0 Å². The number of allylic oxidation sites excluding steroid dienone is 2. The van der Waals surface area contributed by atoms with Gasteiger partial charge in [0.2, 0.25) is 0 Å². The Balaban J connectivity index is 1.43. The third-order valence-electron chi connectivity index (χ3n) is 5.16. The molecule has 1 atom stereocenters. The van der Waals surface area contributed by atoms with E-state index in [1.54, 1.807) is 24.3 Å². The van der Waals surface area contributed by atoms with Crippen molar-refractivity contribution in [2.24, 2.45) is 5.92 Å². The highest BCUT2D eigenvalue weighted by molar-refractivity contribution is 5.67. The largest absolute Gasteiger partial charge is 0.481 e. The van der Waals surface area contributed by atoms with Gasteiger partial charge in [0.05, 0.1) is 12.1 Å². The van der Waals surface area contributed by atoms with E-state index in [9.17, 15) is 18.0 Å². The van der Waals surface area contributed by atoms with Crippen LogP contribution < -0.4 is 4.74 Å². The van der Waals surface area contributed by atoms with Gasteiger partial charge in [-0.25, -0.2) is 4.98 Å². The Morgan fingerprint density at radius 3 is 2.53 bits per heavy atom.